The van der Waals surface area contributed by atoms with Gasteiger partial charge in [-0.15, -0.1) is 5.10 Å². The number of nitrogens with zero attached hydrogens (tertiary/aromatic N) is 3. The van der Waals surface area contributed by atoms with E-state index in [-0.39, 0.29) is 11.1 Å². The third kappa shape index (κ3) is 4.05. The molecule has 0 saturated heterocycles. The van der Waals surface area contributed by atoms with Gasteiger partial charge in [0, 0.05) is 0 Å². The highest BCUT2D eigenvalue weighted by atomic mass is 16.5. The maximum absolute atomic E-state index is 10.7. The summed E-state index contributed by atoms with van der Waals surface area (Å²) in [5.41, 5.74) is 1.21. The van der Waals surface area contributed by atoms with Crippen molar-refractivity contribution in [3.63, 3.8) is 0 Å². The molecule has 1 aromatic carbocycles. The van der Waals surface area contributed by atoms with Crippen LogP contribution in [0.1, 0.15) is 36.8 Å². The summed E-state index contributed by atoms with van der Waals surface area (Å²) < 4.78 is 7.13. The number of hydrogen-bond acceptors (Lipinski definition) is 4. The number of hydrogen-bond donors (Lipinski definition) is 1. The second-order valence-electron chi connectivity index (χ2n) is 5.80. The second kappa shape index (κ2) is 5.95. The molecule has 0 radical (unpaired) electrons. The summed E-state index contributed by atoms with van der Waals surface area (Å²) in [5, 5.41) is 16.0. The van der Waals surface area contributed by atoms with Gasteiger partial charge < -0.3 is 9.84 Å². The summed E-state index contributed by atoms with van der Waals surface area (Å²) in [4.78, 5) is 10.7. The summed E-state index contributed by atoms with van der Waals surface area (Å²) in [6.07, 6.45) is 1.39. The maximum Gasteiger partial charge on any atom is 0.358 e. The normalized spacial score (nSPS) is 11.4. The predicted octanol–water partition coefficient (Wildman–Crippen LogP) is 2.35. The number of benzene rings is 1. The maximum atomic E-state index is 10.7. The van der Waals surface area contributed by atoms with Crippen molar-refractivity contribution in [3.8, 4) is 5.75 Å². The molecule has 0 spiro atoms. The van der Waals surface area contributed by atoms with Gasteiger partial charge in [0.25, 0.3) is 0 Å². The molecular formula is C15H19N3O3. The highest BCUT2D eigenvalue weighted by molar-refractivity contribution is 5.84. The zero-order valence-electron chi connectivity index (χ0n) is 12.4. The molecule has 6 heteroatoms. The lowest BCUT2D eigenvalue weighted by Crippen LogP contribution is -2.12. The van der Waals surface area contributed by atoms with Crippen LogP contribution in [0.2, 0.25) is 0 Å². The zero-order chi connectivity index (χ0) is 15.5. The summed E-state index contributed by atoms with van der Waals surface area (Å²) >= 11 is 0. The van der Waals surface area contributed by atoms with Gasteiger partial charge >= 0.3 is 5.97 Å². The van der Waals surface area contributed by atoms with Crippen LogP contribution in [0, 0.1) is 0 Å². The summed E-state index contributed by atoms with van der Waals surface area (Å²) in [6, 6.07) is 7.96. The van der Waals surface area contributed by atoms with Crippen molar-refractivity contribution in [1.29, 1.82) is 0 Å². The highest BCUT2D eigenvalue weighted by Gasteiger charge is 2.14. The highest BCUT2D eigenvalue weighted by Crippen LogP contribution is 2.25. The summed E-state index contributed by atoms with van der Waals surface area (Å²) in [5.74, 6) is -0.291. The third-order valence-corrected chi connectivity index (χ3v) is 3.05. The van der Waals surface area contributed by atoms with E-state index >= 15 is 0 Å². The van der Waals surface area contributed by atoms with Crippen molar-refractivity contribution in [1.82, 2.24) is 15.0 Å². The number of carboxylic acids is 1. The molecule has 1 N–H and O–H groups in total. The molecule has 0 bridgehead atoms. The molecule has 0 fully saturated rings. The minimum Gasteiger partial charge on any atom is -0.492 e. The van der Waals surface area contributed by atoms with Crippen molar-refractivity contribution in [2.45, 2.75) is 32.7 Å². The van der Waals surface area contributed by atoms with E-state index in [1.54, 1.807) is 0 Å². The van der Waals surface area contributed by atoms with Crippen molar-refractivity contribution in [2.75, 3.05) is 6.61 Å². The van der Waals surface area contributed by atoms with Crippen molar-refractivity contribution < 1.29 is 14.6 Å². The van der Waals surface area contributed by atoms with Gasteiger partial charge in [0.2, 0.25) is 0 Å². The molecule has 0 unspecified atom stereocenters. The standard InChI is InChI=1S/C15H19N3O3/c1-15(2,3)11-5-4-6-12(9-11)21-8-7-18-10-13(14(19)20)16-17-18/h4-6,9-10H,7-8H2,1-3H3,(H,19,20). The molecule has 0 aliphatic carbocycles. The quantitative estimate of drug-likeness (QED) is 0.914. The summed E-state index contributed by atoms with van der Waals surface area (Å²) in [6.45, 7) is 7.29. The van der Waals surface area contributed by atoms with Gasteiger partial charge in [-0.3, -0.25) is 0 Å². The molecule has 1 aromatic heterocycles. The fraction of sp³-hybridized carbons (Fsp3) is 0.400. The molecule has 2 aromatic rings. The Morgan fingerprint density at radius 2 is 2.14 bits per heavy atom. The van der Waals surface area contributed by atoms with Gasteiger partial charge in [0.05, 0.1) is 12.7 Å². The molecule has 112 valence electrons. The van der Waals surface area contributed by atoms with Crippen LogP contribution in [0.3, 0.4) is 0 Å². The van der Waals surface area contributed by atoms with Crippen LogP contribution in [-0.2, 0) is 12.0 Å². The Hall–Kier alpha value is -2.37. The van der Waals surface area contributed by atoms with Gasteiger partial charge in [-0.1, -0.05) is 38.1 Å². The molecule has 0 atom stereocenters. The molecule has 21 heavy (non-hydrogen) atoms. The third-order valence-electron chi connectivity index (χ3n) is 3.05. The van der Waals surface area contributed by atoms with Gasteiger partial charge in [-0.05, 0) is 23.1 Å². The Bertz CT molecular complexity index is 629. The van der Waals surface area contributed by atoms with E-state index in [1.807, 2.05) is 18.2 Å². The topological polar surface area (TPSA) is 77.2 Å². The molecular weight excluding hydrogens is 270 g/mol. The lowest BCUT2D eigenvalue weighted by Gasteiger charge is -2.19. The minimum atomic E-state index is -1.08. The van der Waals surface area contributed by atoms with Crippen molar-refractivity contribution >= 4 is 5.97 Å². The minimum absolute atomic E-state index is 0.0651. The van der Waals surface area contributed by atoms with E-state index in [0.29, 0.717) is 13.2 Å². The van der Waals surface area contributed by atoms with Crippen molar-refractivity contribution in [2.24, 2.45) is 0 Å². The second-order valence-corrected chi connectivity index (χ2v) is 5.80. The smallest absolute Gasteiger partial charge is 0.358 e. The first kappa shape index (κ1) is 15.0. The molecule has 0 aliphatic rings. The average Bonchev–Trinajstić information content (AvgIpc) is 2.87. The first-order chi connectivity index (χ1) is 9.86. The van der Waals surface area contributed by atoms with Crippen LogP contribution in [0.4, 0.5) is 0 Å². The van der Waals surface area contributed by atoms with E-state index in [1.165, 1.54) is 16.4 Å². The van der Waals surface area contributed by atoms with E-state index in [4.69, 9.17) is 9.84 Å². The molecule has 6 nitrogen and oxygen atoms in total. The van der Waals surface area contributed by atoms with E-state index in [9.17, 15) is 4.79 Å². The molecule has 0 amide bonds. The Labute approximate surface area is 123 Å². The van der Waals surface area contributed by atoms with Crippen molar-refractivity contribution in [3.05, 3.63) is 41.7 Å². The van der Waals surface area contributed by atoms with E-state index < -0.39 is 5.97 Å². The number of aromatic carboxylic acids is 1. The van der Waals surface area contributed by atoms with Crippen LogP contribution in [-0.4, -0.2) is 32.7 Å². The number of carboxylic acid groups (broad SMARTS) is 1. The van der Waals surface area contributed by atoms with Crippen LogP contribution < -0.4 is 4.74 Å². The van der Waals surface area contributed by atoms with Crippen LogP contribution in [0.5, 0.6) is 5.75 Å². The Balaban J connectivity index is 1.92. The van der Waals surface area contributed by atoms with Crippen LogP contribution in [0.15, 0.2) is 30.5 Å². The fourth-order valence-corrected chi connectivity index (χ4v) is 1.82. The Kier molecular flexibility index (Phi) is 4.26. The van der Waals surface area contributed by atoms with E-state index in [0.717, 1.165) is 5.75 Å². The number of rotatable bonds is 5. The lowest BCUT2D eigenvalue weighted by molar-refractivity contribution is 0.0690. The SMILES string of the molecule is CC(C)(C)c1cccc(OCCn2cc(C(=O)O)nn2)c1. The average molecular weight is 289 g/mol. The number of carbonyl (C=O) groups is 1. The number of aromatic nitrogens is 3. The first-order valence-electron chi connectivity index (χ1n) is 6.73. The largest absolute Gasteiger partial charge is 0.492 e. The van der Waals surface area contributed by atoms with E-state index in [2.05, 4.69) is 37.1 Å². The molecule has 0 aliphatic heterocycles. The lowest BCUT2D eigenvalue weighted by atomic mass is 9.87. The van der Waals surface area contributed by atoms with Gasteiger partial charge in [-0.25, -0.2) is 9.48 Å². The summed E-state index contributed by atoms with van der Waals surface area (Å²) in [7, 11) is 0. The van der Waals surface area contributed by atoms with Crippen LogP contribution >= 0.6 is 0 Å². The Morgan fingerprint density at radius 3 is 2.76 bits per heavy atom. The van der Waals surface area contributed by atoms with Gasteiger partial charge in [0.1, 0.15) is 12.4 Å². The molecule has 0 saturated carbocycles. The van der Waals surface area contributed by atoms with Gasteiger partial charge in [0.15, 0.2) is 5.69 Å². The Morgan fingerprint density at radius 1 is 1.38 bits per heavy atom. The predicted molar refractivity (Wildman–Crippen MR) is 77.6 cm³/mol. The molecule has 2 rings (SSSR count). The monoisotopic (exact) mass is 289 g/mol. The molecule has 1 heterocycles. The van der Waals surface area contributed by atoms with Gasteiger partial charge in [-0.2, -0.15) is 0 Å². The fourth-order valence-electron chi connectivity index (χ4n) is 1.82. The zero-order valence-corrected chi connectivity index (χ0v) is 12.4. The number of ether oxygens (including phenoxy) is 1. The first-order valence-corrected chi connectivity index (χ1v) is 6.73. The van der Waals surface area contributed by atoms with Crippen LogP contribution in [0.25, 0.3) is 0 Å².